The first-order valence-corrected chi connectivity index (χ1v) is 7.81. The van der Waals surface area contributed by atoms with Crippen molar-refractivity contribution in [3.8, 4) is 0 Å². The number of aromatic nitrogens is 1. The minimum Gasteiger partial charge on any atom is -0.376 e. The molecule has 8 heteroatoms. The number of nitrogens with one attached hydrogen (secondary N) is 1. The van der Waals surface area contributed by atoms with Crippen LogP contribution in [0.15, 0.2) is 17.2 Å². The van der Waals surface area contributed by atoms with Gasteiger partial charge in [0.1, 0.15) is 10.6 Å². The summed E-state index contributed by atoms with van der Waals surface area (Å²) in [7, 11) is -2.22. The highest BCUT2D eigenvalue weighted by atomic mass is 32.2. The Labute approximate surface area is 118 Å². The van der Waals surface area contributed by atoms with E-state index in [1.165, 1.54) is 16.8 Å². The van der Waals surface area contributed by atoms with Crippen LogP contribution in [0.5, 0.6) is 0 Å². The maximum absolute atomic E-state index is 12.3. The number of carbonyl (C=O) groups excluding carboxylic acids is 1. The molecule has 7 nitrogen and oxygen atoms in total. The summed E-state index contributed by atoms with van der Waals surface area (Å²) in [4.78, 5) is 12.2. The third kappa shape index (κ3) is 2.72. The fraction of sp³-hybridized carbons (Fsp3) is 0.583. The molecule has 3 N–H and O–H groups in total. The van der Waals surface area contributed by atoms with Crippen molar-refractivity contribution in [2.75, 3.05) is 6.61 Å². The van der Waals surface area contributed by atoms with E-state index in [4.69, 9.17) is 9.88 Å². The summed E-state index contributed by atoms with van der Waals surface area (Å²) in [5.41, 5.74) is -0.210. The first kappa shape index (κ1) is 15.0. The van der Waals surface area contributed by atoms with E-state index in [1.54, 1.807) is 7.05 Å². The van der Waals surface area contributed by atoms with Crippen LogP contribution in [-0.2, 0) is 21.8 Å². The van der Waals surface area contributed by atoms with Crippen LogP contribution in [0.1, 0.15) is 30.8 Å². The molecule has 1 fully saturated rings. The van der Waals surface area contributed by atoms with Crippen LogP contribution in [0.25, 0.3) is 0 Å². The van der Waals surface area contributed by atoms with E-state index in [9.17, 15) is 13.2 Å². The van der Waals surface area contributed by atoms with Crippen LogP contribution in [0.4, 0.5) is 0 Å². The van der Waals surface area contributed by atoms with Crippen molar-refractivity contribution in [3.63, 3.8) is 0 Å². The van der Waals surface area contributed by atoms with E-state index >= 15 is 0 Å². The van der Waals surface area contributed by atoms with E-state index in [0.29, 0.717) is 13.0 Å². The van der Waals surface area contributed by atoms with Gasteiger partial charge in [0, 0.05) is 19.9 Å². The third-order valence-corrected chi connectivity index (χ3v) is 4.71. The summed E-state index contributed by atoms with van der Waals surface area (Å²) in [6.45, 7) is 4.40. The second-order valence-electron chi connectivity index (χ2n) is 5.35. The van der Waals surface area contributed by atoms with Gasteiger partial charge in [-0.3, -0.25) is 4.79 Å². The predicted molar refractivity (Wildman–Crippen MR) is 72.7 cm³/mol. The maximum atomic E-state index is 12.3. The smallest absolute Gasteiger partial charge is 0.268 e. The van der Waals surface area contributed by atoms with Gasteiger partial charge in [-0.2, -0.15) is 0 Å². The molecule has 0 saturated carbocycles. The Morgan fingerprint density at radius 1 is 1.60 bits per heavy atom. The zero-order valence-corrected chi connectivity index (χ0v) is 12.5. The van der Waals surface area contributed by atoms with Gasteiger partial charge < -0.3 is 14.6 Å². The Balaban J connectivity index is 2.24. The molecule has 112 valence electrons. The lowest BCUT2D eigenvalue weighted by Gasteiger charge is -2.28. The first-order valence-electron chi connectivity index (χ1n) is 6.27. The lowest BCUT2D eigenvalue weighted by Crippen LogP contribution is -2.50. The highest BCUT2D eigenvalue weighted by Crippen LogP contribution is 2.25. The number of ether oxygens (including phenoxy) is 1. The molecule has 1 aromatic heterocycles. The summed E-state index contributed by atoms with van der Waals surface area (Å²) >= 11 is 0. The molecule has 1 amide bonds. The standard InChI is InChI=1S/C12H19N3O4S/c1-8-12(2,4-5-19-8)14-11(16)10-6-9(7-15(10)3)20(13,17)18/h6-8H,4-5H2,1-3H3,(H,14,16)(H2,13,17,18). The number of amides is 1. The van der Waals surface area contributed by atoms with E-state index in [0.717, 1.165) is 0 Å². The van der Waals surface area contributed by atoms with Crippen molar-refractivity contribution in [1.82, 2.24) is 9.88 Å². The van der Waals surface area contributed by atoms with Crippen LogP contribution < -0.4 is 10.5 Å². The Morgan fingerprint density at radius 2 is 2.25 bits per heavy atom. The van der Waals surface area contributed by atoms with E-state index < -0.39 is 15.6 Å². The number of nitrogens with two attached hydrogens (primary N) is 1. The summed E-state index contributed by atoms with van der Waals surface area (Å²) in [5, 5.41) is 7.96. The van der Waals surface area contributed by atoms with E-state index in [-0.39, 0.29) is 22.6 Å². The van der Waals surface area contributed by atoms with Crippen LogP contribution >= 0.6 is 0 Å². The number of nitrogens with zero attached hydrogens (tertiary/aromatic N) is 1. The Kier molecular flexibility index (Phi) is 3.66. The van der Waals surface area contributed by atoms with Crippen molar-refractivity contribution in [1.29, 1.82) is 0 Å². The van der Waals surface area contributed by atoms with Crippen molar-refractivity contribution < 1.29 is 17.9 Å². The highest BCUT2D eigenvalue weighted by Gasteiger charge is 2.38. The topological polar surface area (TPSA) is 103 Å². The quantitative estimate of drug-likeness (QED) is 0.818. The zero-order chi connectivity index (χ0) is 15.1. The average molecular weight is 301 g/mol. The molecule has 1 aromatic rings. The molecular formula is C12H19N3O4S. The first-order chi connectivity index (χ1) is 9.13. The molecule has 2 atom stereocenters. The number of primary sulfonamides is 1. The van der Waals surface area contributed by atoms with Gasteiger partial charge >= 0.3 is 0 Å². The normalized spacial score (nSPS) is 26.7. The van der Waals surface area contributed by atoms with Gasteiger partial charge in [0.25, 0.3) is 5.91 Å². The molecule has 0 radical (unpaired) electrons. The van der Waals surface area contributed by atoms with Crippen molar-refractivity contribution in [2.24, 2.45) is 12.2 Å². The zero-order valence-electron chi connectivity index (χ0n) is 11.7. The summed E-state index contributed by atoms with van der Waals surface area (Å²) in [5.74, 6) is -0.345. The number of aryl methyl sites for hydroxylation is 1. The van der Waals surface area contributed by atoms with Crippen molar-refractivity contribution in [2.45, 2.75) is 36.8 Å². The van der Waals surface area contributed by atoms with Gasteiger partial charge in [-0.05, 0) is 26.3 Å². The summed E-state index contributed by atoms with van der Waals surface area (Å²) < 4.78 is 29.5. The molecule has 0 bridgehead atoms. The van der Waals surface area contributed by atoms with Crippen LogP contribution in [0.3, 0.4) is 0 Å². The molecule has 2 rings (SSSR count). The molecule has 0 aromatic carbocycles. The van der Waals surface area contributed by atoms with E-state index in [2.05, 4.69) is 5.32 Å². The molecular weight excluding hydrogens is 282 g/mol. The maximum Gasteiger partial charge on any atom is 0.268 e. The summed E-state index contributed by atoms with van der Waals surface area (Å²) in [6, 6.07) is 1.27. The Morgan fingerprint density at radius 3 is 2.70 bits per heavy atom. The molecule has 1 aliphatic rings. The lowest BCUT2D eigenvalue weighted by atomic mass is 9.94. The Hall–Kier alpha value is -1.38. The van der Waals surface area contributed by atoms with Gasteiger partial charge in [0.05, 0.1) is 11.6 Å². The average Bonchev–Trinajstić information content (AvgIpc) is 2.83. The predicted octanol–water partition coefficient (Wildman–Crippen LogP) is -0.0302. The van der Waals surface area contributed by atoms with Gasteiger partial charge in [-0.25, -0.2) is 13.6 Å². The van der Waals surface area contributed by atoms with Crippen LogP contribution in [0, 0.1) is 0 Å². The van der Waals surface area contributed by atoms with Crippen LogP contribution in [-0.4, -0.2) is 37.1 Å². The van der Waals surface area contributed by atoms with Gasteiger partial charge in [0.2, 0.25) is 10.0 Å². The molecule has 2 unspecified atom stereocenters. The third-order valence-electron chi connectivity index (χ3n) is 3.83. The fourth-order valence-corrected chi connectivity index (χ4v) is 2.82. The minimum absolute atomic E-state index is 0.0778. The number of hydrogen-bond acceptors (Lipinski definition) is 4. The monoisotopic (exact) mass is 301 g/mol. The molecule has 0 spiro atoms. The summed E-state index contributed by atoms with van der Waals surface area (Å²) in [6.07, 6.45) is 1.94. The fourth-order valence-electron chi connectivity index (χ4n) is 2.24. The number of rotatable bonds is 3. The number of carbonyl (C=O) groups is 1. The number of hydrogen-bond donors (Lipinski definition) is 2. The van der Waals surface area contributed by atoms with Gasteiger partial charge in [-0.15, -0.1) is 0 Å². The Bertz CT molecular complexity index is 637. The number of sulfonamides is 1. The van der Waals surface area contributed by atoms with E-state index in [1.807, 2.05) is 13.8 Å². The van der Waals surface area contributed by atoms with Crippen LogP contribution in [0.2, 0.25) is 0 Å². The second kappa shape index (κ2) is 4.87. The second-order valence-corrected chi connectivity index (χ2v) is 6.91. The van der Waals surface area contributed by atoms with Crippen molar-refractivity contribution >= 4 is 15.9 Å². The molecule has 20 heavy (non-hydrogen) atoms. The minimum atomic E-state index is -3.82. The molecule has 1 saturated heterocycles. The molecule has 1 aliphatic heterocycles. The molecule has 0 aliphatic carbocycles. The SMILES string of the molecule is CC1OCCC1(C)NC(=O)c1cc(S(N)(=O)=O)cn1C. The largest absolute Gasteiger partial charge is 0.376 e. The van der Waals surface area contributed by atoms with Crippen molar-refractivity contribution in [3.05, 3.63) is 18.0 Å². The lowest BCUT2D eigenvalue weighted by molar-refractivity contribution is 0.0722. The molecule has 2 heterocycles. The van der Waals surface area contributed by atoms with Gasteiger partial charge in [0.15, 0.2) is 0 Å². The highest BCUT2D eigenvalue weighted by molar-refractivity contribution is 7.89. The van der Waals surface area contributed by atoms with Gasteiger partial charge in [-0.1, -0.05) is 0 Å².